The highest BCUT2D eigenvalue weighted by Gasteiger charge is 2.46. The van der Waals surface area contributed by atoms with Gasteiger partial charge in [0.05, 0.1) is 13.2 Å². The monoisotopic (exact) mass is 684 g/mol. The van der Waals surface area contributed by atoms with Crippen molar-refractivity contribution in [1.29, 1.82) is 0 Å². The maximum atomic E-state index is 16.2. The van der Waals surface area contributed by atoms with Gasteiger partial charge in [-0.25, -0.2) is 8.78 Å². The van der Waals surface area contributed by atoms with Crippen LogP contribution in [0, 0.1) is 0 Å². The average Bonchev–Trinajstić information content (AvgIpc) is 3.16. The number of ether oxygens (including phenoxy) is 2. The Morgan fingerprint density at radius 2 is 0.840 bits per heavy atom. The van der Waals surface area contributed by atoms with Gasteiger partial charge >= 0.3 is 0 Å². The lowest BCUT2D eigenvalue weighted by molar-refractivity contribution is -0.234. The van der Waals surface area contributed by atoms with Crippen LogP contribution in [-0.2, 0) is 9.47 Å². The summed E-state index contributed by atoms with van der Waals surface area (Å²) >= 11 is 0. The van der Waals surface area contributed by atoms with Crippen molar-refractivity contribution < 1.29 is 18.3 Å². The number of allylic oxidation sites excluding steroid dienone is 2. The molecule has 2 nitrogen and oxygen atoms in total. The Kier molecular flexibility index (Phi) is 18.0. The number of unbranched alkanes of at least 4 members (excludes halogenated alkanes) is 16. The first kappa shape index (κ1) is 39.7. The smallest absolute Gasteiger partial charge is 0.227 e. The van der Waals surface area contributed by atoms with E-state index >= 15 is 8.78 Å². The zero-order chi connectivity index (χ0) is 35.3. The molecule has 0 spiro atoms. The van der Waals surface area contributed by atoms with Gasteiger partial charge in [0.2, 0.25) is 12.0 Å². The van der Waals surface area contributed by atoms with E-state index in [4.69, 9.17) is 9.47 Å². The van der Waals surface area contributed by atoms with E-state index in [-0.39, 0.29) is 5.57 Å². The van der Waals surface area contributed by atoms with E-state index in [9.17, 15) is 0 Å². The minimum absolute atomic E-state index is 0.248. The third-order valence-corrected chi connectivity index (χ3v) is 9.99. The summed E-state index contributed by atoms with van der Waals surface area (Å²) in [6, 6.07) is 26.4. The molecule has 50 heavy (non-hydrogen) atoms. The molecule has 272 valence electrons. The van der Waals surface area contributed by atoms with Crippen LogP contribution in [0.4, 0.5) is 8.78 Å². The van der Waals surface area contributed by atoms with Gasteiger partial charge in [-0.05, 0) is 46.7 Å². The van der Waals surface area contributed by atoms with E-state index in [1.807, 2.05) is 42.5 Å². The molecule has 0 N–H and O–H groups in total. The van der Waals surface area contributed by atoms with Crippen LogP contribution in [0.5, 0.6) is 0 Å². The molecule has 2 atom stereocenters. The summed E-state index contributed by atoms with van der Waals surface area (Å²) in [6.45, 7) is 5.17. The van der Waals surface area contributed by atoms with Gasteiger partial charge < -0.3 is 9.47 Å². The number of alkyl halides is 1. The first-order chi connectivity index (χ1) is 24.6. The second kappa shape index (κ2) is 22.7. The van der Waals surface area contributed by atoms with Gasteiger partial charge in [-0.3, -0.25) is 0 Å². The van der Waals surface area contributed by atoms with E-state index in [1.54, 1.807) is 12.2 Å². The van der Waals surface area contributed by atoms with Gasteiger partial charge in [0.1, 0.15) is 5.83 Å². The first-order valence-corrected chi connectivity index (χ1v) is 19.8. The van der Waals surface area contributed by atoms with E-state index in [0.29, 0.717) is 18.8 Å². The van der Waals surface area contributed by atoms with Crippen molar-refractivity contribution in [2.75, 3.05) is 13.2 Å². The van der Waals surface area contributed by atoms with E-state index in [2.05, 4.69) is 50.2 Å². The Balaban J connectivity index is 1.34. The van der Waals surface area contributed by atoms with Crippen LogP contribution >= 0.6 is 0 Å². The molecule has 0 aliphatic heterocycles. The molecule has 4 heteroatoms. The van der Waals surface area contributed by atoms with Gasteiger partial charge in [0.15, 0.2) is 0 Å². The van der Waals surface area contributed by atoms with Crippen molar-refractivity contribution in [2.24, 2.45) is 0 Å². The molecule has 0 heterocycles. The second-order valence-corrected chi connectivity index (χ2v) is 14.1. The minimum Gasteiger partial charge on any atom is -0.344 e. The van der Waals surface area contributed by atoms with Gasteiger partial charge in [0, 0.05) is 5.57 Å². The maximum Gasteiger partial charge on any atom is 0.227 e. The fraction of sp³-hybridized carbons (Fsp3) is 0.522. The molecule has 1 aliphatic carbocycles. The largest absolute Gasteiger partial charge is 0.344 e. The lowest BCUT2D eigenvalue weighted by atomic mass is 9.92. The Bertz CT molecular complexity index is 1400. The summed E-state index contributed by atoms with van der Waals surface area (Å²) in [5.74, 6) is -2.56. The lowest BCUT2D eigenvalue weighted by Gasteiger charge is -2.36. The van der Waals surface area contributed by atoms with E-state index in [1.165, 1.54) is 82.6 Å². The van der Waals surface area contributed by atoms with Crippen molar-refractivity contribution in [1.82, 2.24) is 0 Å². The summed E-state index contributed by atoms with van der Waals surface area (Å²) in [5, 5.41) is 0. The number of benzene rings is 3. The van der Waals surface area contributed by atoms with Crippen LogP contribution in [0.3, 0.4) is 0 Å². The van der Waals surface area contributed by atoms with Crippen molar-refractivity contribution in [2.45, 2.75) is 141 Å². The van der Waals surface area contributed by atoms with Crippen LogP contribution in [0.25, 0.3) is 27.8 Å². The van der Waals surface area contributed by atoms with Crippen LogP contribution in [0.2, 0.25) is 0 Å². The summed E-state index contributed by atoms with van der Waals surface area (Å²) < 4.78 is 44.4. The van der Waals surface area contributed by atoms with E-state index in [0.717, 1.165) is 55.2 Å². The predicted octanol–water partition coefficient (Wildman–Crippen LogP) is 14.4. The molecule has 0 aromatic heterocycles. The van der Waals surface area contributed by atoms with Crippen LogP contribution in [-0.4, -0.2) is 25.2 Å². The normalized spacial score (nSPS) is 17.5. The molecule has 0 amide bonds. The predicted molar refractivity (Wildman–Crippen MR) is 208 cm³/mol. The summed E-state index contributed by atoms with van der Waals surface area (Å²) in [5.41, 5.74) is 5.31. The standard InChI is InChI=1S/C46H62F2O2/c1-3-5-7-9-11-13-14-16-18-23-37-50-46(49-36-22-17-15-12-10-8-6-4-2)35-34-43(44(47)45(46)48)42-32-30-41(31-33-42)40-28-26-39(27-29-40)38-24-20-19-21-25-38/h19-21,24-35,45H,3-18,22-23,36-37H2,1-2H3. The van der Waals surface area contributed by atoms with Gasteiger partial charge in [-0.2, -0.15) is 0 Å². The molecule has 4 rings (SSSR count). The molecular weight excluding hydrogens is 623 g/mol. The Morgan fingerprint density at radius 1 is 0.480 bits per heavy atom. The molecule has 0 saturated heterocycles. The van der Waals surface area contributed by atoms with Crippen molar-refractivity contribution in [3.05, 3.63) is 102 Å². The second-order valence-electron chi connectivity index (χ2n) is 14.1. The molecule has 3 aromatic carbocycles. The van der Waals surface area contributed by atoms with Crippen LogP contribution in [0.1, 0.15) is 135 Å². The topological polar surface area (TPSA) is 18.5 Å². The van der Waals surface area contributed by atoms with Gasteiger partial charge in [0.25, 0.3) is 0 Å². The highest BCUT2D eigenvalue weighted by molar-refractivity contribution is 5.79. The number of rotatable bonds is 25. The first-order valence-electron chi connectivity index (χ1n) is 19.8. The molecule has 0 radical (unpaired) electrons. The summed E-state index contributed by atoms with van der Waals surface area (Å²) in [4.78, 5) is 0. The molecule has 2 unspecified atom stereocenters. The highest BCUT2D eigenvalue weighted by atomic mass is 19.2. The van der Waals surface area contributed by atoms with Gasteiger partial charge in [-0.1, -0.05) is 202 Å². The average molecular weight is 685 g/mol. The van der Waals surface area contributed by atoms with Crippen molar-refractivity contribution >= 4 is 5.57 Å². The highest BCUT2D eigenvalue weighted by Crippen LogP contribution is 2.39. The SMILES string of the molecule is CCCCCCCCCCCCOC1(OCCCCCCCCCC)C=CC(c2ccc(-c3ccc(-c4ccccc4)cc3)cc2)=C(F)C1F. The fourth-order valence-corrected chi connectivity index (χ4v) is 6.81. The quantitative estimate of drug-likeness (QED) is 0.0653. The Hall–Kier alpha value is -3.08. The third kappa shape index (κ3) is 12.6. The Labute approximate surface area is 302 Å². The minimum atomic E-state index is -2.02. The lowest BCUT2D eigenvalue weighted by Crippen LogP contribution is -2.46. The number of hydrogen-bond donors (Lipinski definition) is 0. The zero-order valence-electron chi connectivity index (χ0n) is 31.0. The van der Waals surface area contributed by atoms with Crippen LogP contribution in [0.15, 0.2) is 96.8 Å². The van der Waals surface area contributed by atoms with Crippen molar-refractivity contribution in [3.8, 4) is 22.3 Å². The fourth-order valence-electron chi connectivity index (χ4n) is 6.81. The van der Waals surface area contributed by atoms with E-state index < -0.39 is 17.8 Å². The zero-order valence-corrected chi connectivity index (χ0v) is 31.0. The molecule has 3 aromatic rings. The maximum absolute atomic E-state index is 16.2. The third-order valence-electron chi connectivity index (χ3n) is 9.99. The number of hydrogen-bond acceptors (Lipinski definition) is 2. The molecule has 0 fully saturated rings. The summed E-state index contributed by atoms with van der Waals surface area (Å²) in [6.07, 6.45) is 22.6. The molecular formula is C46H62F2O2. The molecule has 1 aliphatic rings. The van der Waals surface area contributed by atoms with Gasteiger partial charge in [-0.15, -0.1) is 0 Å². The van der Waals surface area contributed by atoms with Crippen LogP contribution < -0.4 is 0 Å². The summed E-state index contributed by atoms with van der Waals surface area (Å²) in [7, 11) is 0. The molecule has 0 saturated carbocycles. The Morgan fingerprint density at radius 3 is 1.26 bits per heavy atom. The number of halogens is 2. The van der Waals surface area contributed by atoms with Crippen molar-refractivity contribution in [3.63, 3.8) is 0 Å². The molecule has 0 bridgehead atoms.